The molecule has 13 heteroatoms. The number of hydrogen-bond acceptors (Lipinski definition) is 12. The van der Waals surface area contributed by atoms with Crippen LogP contribution in [0.25, 0.3) is 5.57 Å². The Hall–Kier alpha value is -3.06. The molecule has 0 aliphatic carbocycles. The number of unbranched alkanes of at least 4 members (excludes halogenated alkanes) is 31. The van der Waals surface area contributed by atoms with Gasteiger partial charge in [0.15, 0.2) is 6.10 Å². The first kappa shape index (κ1) is 70.0. The van der Waals surface area contributed by atoms with Gasteiger partial charge in [0.2, 0.25) is 6.23 Å². The van der Waals surface area contributed by atoms with Gasteiger partial charge in [-0.05, 0) is 32.1 Å². The van der Waals surface area contributed by atoms with Crippen molar-refractivity contribution in [2.24, 2.45) is 11.8 Å². The average Bonchev–Trinajstić information content (AvgIpc) is 3.90. The van der Waals surface area contributed by atoms with Gasteiger partial charge in [0.1, 0.15) is 25.5 Å². The zero-order chi connectivity index (χ0) is 56.0. The van der Waals surface area contributed by atoms with Crippen molar-refractivity contribution in [3.63, 3.8) is 0 Å². The van der Waals surface area contributed by atoms with Crippen LogP contribution in [0.15, 0.2) is 6.08 Å². The second-order valence-corrected chi connectivity index (χ2v) is 23.8. The molecule has 0 amide bonds. The average molecular weight is 1100 g/mol. The molecule has 4 atom stereocenters. The molecule has 0 aromatic carbocycles. The lowest BCUT2D eigenvalue weighted by Crippen LogP contribution is -2.55. The minimum Gasteiger partial charge on any atom is -0.475 e. The highest BCUT2D eigenvalue weighted by molar-refractivity contribution is 6.99. The largest absolute Gasteiger partial charge is 0.475 e. The molecular formula is C64H116N3O9S+. The molecular weight excluding hydrogens is 987 g/mol. The third kappa shape index (κ3) is 35.3. The highest BCUT2D eigenvalue weighted by atomic mass is 32.1. The molecule has 12 nitrogen and oxygen atoms in total. The van der Waals surface area contributed by atoms with E-state index in [1.54, 1.807) is 0 Å². The lowest BCUT2D eigenvalue weighted by Gasteiger charge is -2.41. The smallest absolute Gasteiger partial charge is 0.313 e. The van der Waals surface area contributed by atoms with Gasteiger partial charge in [0.05, 0.1) is 43.8 Å². The maximum atomic E-state index is 13.3. The standard InChI is InChI=1S/C64H116N3O9S/c1-8-11-14-17-19-21-23-25-27-29-31-36-40-47-59(68)73-52-58(53-74-60(69)48-41-37-32-30-28-26-24-22-20-18-15-12-9-2)76-64(71)55(5)45-39-35-33-34-38-44-54(4)63(70)75-56(6)67(7)49-43-46-57(51-67)61-62(66-77-65-61)72-50-42-16-13-10-3/h46,54-56,58H,8-45,47-53H2,1-7H3/q+1/t54?,55?,56-,67?/m1/s1. The van der Waals surface area contributed by atoms with E-state index >= 15 is 0 Å². The predicted octanol–water partition coefficient (Wildman–Crippen LogP) is 17.6. The number of carbonyl (C=O) groups is 4. The Bertz CT molecular complexity index is 1630. The molecule has 0 N–H and O–H groups in total. The molecule has 2 heterocycles. The van der Waals surface area contributed by atoms with Crippen LogP contribution in [0.1, 0.15) is 304 Å². The van der Waals surface area contributed by atoms with Gasteiger partial charge in [-0.15, -0.1) is 4.37 Å². The lowest BCUT2D eigenvalue weighted by atomic mass is 9.99. The summed E-state index contributed by atoms with van der Waals surface area (Å²) < 4.78 is 38.9. The van der Waals surface area contributed by atoms with Gasteiger partial charge >= 0.3 is 23.9 Å². The first-order valence-electron chi connectivity index (χ1n) is 32.1. The molecule has 0 saturated carbocycles. The summed E-state index contributed by atoms with van der Waals surface area (Å²) in [4.78, 5) is 52.2. The number of hydrogen-bond donors (Lipinski definition) is 0. The van der Waals surface area contributed by atoms with Gasteiger partial charge in [-0.3, -0.25) is 23.7 Å². The van der Waals surface area contributed by atoms with Gasteiger partial charge in [-0.25, -0.2) is 0 Å². The van der Waals surface area contributed by atoms with Crippen molar-refractivity contribution in [1.29, 1.82) is 0 Å². The van der Waals surface area contributed by atoms with Crippen LogP contribution < -0.4 is 4.74 Å². The fraction of sp³-hybridized carbons (Fsp3) is 0.875. The van der Waals surface area contributed by atoms with E-state index in [9.17, 15) is 19.2 Å². The van der Waals surface area contributed by atoms with Crippen LogP contribution in [0.5, 0.6) is 5.88 Å². The Balaban J connectivity index is 1.71. The van der Waals surface area contributed by atoms with Crippen molar-refractivity contribution in [3.05, 3.63) is 11.8 Å². The Morgan fingerprint density at radius 3 is 1.35 bits per heavy atom. The predicted molar refractivity (Wildman–Crippen MR) is 317 cm³/mol. The van der Waals surface area contributed by atoms with Gasteiger partial charge < -0.3 is 23.7 Å². The molecule has 2 rings (SSSR count). The first-order chi connectivity index (χ1) is 37.4. The van der Waals surface area contributed by atoms with E-state index in [1.807, 2.05) is 20.8 Å². The third-order valence-electron chi connectivity index (χ3n) is 15.9. The summed E-state index contributed by atoms with van der Waals surface area (Å²) in [6, 6.07) is 0. The summed E-state index contributed by atoms with van der Waals surface area (Å²) in [5, 5.41) is 0. The summed E-state index contributed by atoms with van der Waals surface area (Å²) in [7, 11) is 2.15. The van der Waals surface area contributed by atoms with Gasteiger partial charge in [0.25, 0.3) is 5.88 Å². The molecule has 3 unspecified atom stereocenters. The number of nitrogens with zero attached hydrogens (tertiary/aromatic N) is 3. The van der Waals surface area contributed by atoms with E-state index < -0.39 is 6.10 Å². The minimum atomic E-state index is -0.842. The number of carbonyl (C=O) groups excluding carboxylic acids is 4. The van der Waals surface area contributed by atoms with Crippen molar-refractivity contribution < 1.29 is 47.3 Å². The van der Waals surface area contributed by atoms with Crippen LogP contribution in [0.3, 0.4) is 0 Å². The topological polar surface area (TPSA) is 140 Å². The summed E-state index contributed by atoms with van der Waals surface area (Å²) in [5.74, 6) is -1.06. The van der Waals surface area contributed by atoms with Crippen LogP contribution in [-0.4, -0.2) is 89.4 Å². The van der Waals surface area contributed by atoms with Crippen molar-refractivity contribution in [3.8, 4) is 5.88 Å². The van der Waals surface area contributed by atoms with Crippen LogP contribution in [0.2, 0.25) is 0 Å². The number of aromatic nitrogens is 2. The van der Waals surface area contributed by atoms with Gasteiger partial charge in [-0.1, -0.05) is 246 Å². The highest BCUT2D eigenvalue weighted by Gasteiger charge is 2.37. The van der Waals surface area contributed by atoms with Crippen LogP contribution in [-0.2, 0) is 38.1 Å². The number of rotatable bonds is 52. The Labute approximate surface area is 475 Å². The number of quaternary nitrogens is 1. The van der Waals surface area contributed by atoms with Crippen LogP contribution >= 0.6 is 11.7 Å². The van der Waals surface area contributed by atoms with Crippen molar-refractivity contribution in [2.75, 3.05) is 40.0 Å². The number of likely N-dealkylation sites (N-methyl/N-ethyl adjacent to an activating group) is 1. The quantitative estimate of drug-likeness (QED) is 0.0266. The summed E-state index contributed by atoms with van der Waals surface area (Å²) in [5.41, 5.74) is 1.92. The van der Waals surface area contributed by atoms with Crippen molar-refractivity contribution >= 4 is 41.2 Å². The Kier molecular flexibility index (Phi) is 42.5. The van der Waals surface area contributed by atoms with Crippen molar-refractivity contribution in [1.82, 2.24) is 8.75 Å². The van der Waals surface area contributed by atoms with E-state index in [2.05, 4.69) is 42.6 Å². The van der Waals surface area contributed by atoms with E-state index in [0.717, 1.165) is 114 Å². The molecule has 0 bridgehead atoms. The van der Waals surface area contributed by atoms with Crippen LogP contribution in [0.4, 0.5) is 0 Å². The zero-order valence-electron chi connectivity index (χ0n) is 50.6. The van der Waals surface area contributed by atoms with E-state index in [0.29, 0.717) is 42.8 Å². The molecule has 1 aliphatic heterocycles. The Morgan fingerprint density at radius 2 is 0.909 bits per heavy atom. The molecule has 0 fully saturated rings. The molecule has 1 aromatic rings. The van der Waals surface area contributed by atoms with E-state index in [4.69, 9.17) is 23.7 Å². The third-order valence-corrected chi connectivity index (χ3v) is 16.4. The Morgan fingerprint density at radius 1 is 0.519 bits per heavy atom. The summed E-state index contributed by atoms with van der Waals surface area (Å²) in [6.07, 6.45) is 45.5. The van der Waals surface area contributed by atoms with Crippen molar-refractivity contribution in [2.45, 2.75) is 311 Å². The first-order valence-corrected chi connectivity index (χ1v) is 32.9. The maximum absolute atomic E-state index is 13.3. The minimum absolute atomic E-state index is 0.121. The molecule has 0 spiro atoms. The second kappa shape index (κ2) is 46.7. The molecule has 0 saturated heterocycles. The second-order valence-electron chi connectivity index (χ2n) is 23.3. The fourth-order valence-corrected chi connectivity index (χ4v) is 10.8. The van der Waals surface area contributed by atoms with Crippen LogP contribution in [0, 0.1) is 11.8 Å². The molecule has 446 valence electrons. The normalized spacial score (nSPS) is 15.7. The molecule has 77 heavy (non-hydrogen) atoms. The van der Waals surface area contributed by atoms with Gasteiger partial charge in [0, 0.05) is 31.8 Å². The number of ether oxygens (including phenoxy) is 5. The molecule has 1 aliphatic rings. The SMILES string of the molecule is CCCCCCCCCCCCCCCC(=O)OCC(COC(=O)CCCCCCCCCCCCCCC)OC(=O)C(C)CCCCCCCC(C)C(=O)O[C@H](C)[N+]1(C)CCC=C(c2nsnc2OCCCCCC)C1. The van der Waals surface area contributed by atoms with Gasteiger partial charge in [-0.2, -0.15) is 4.37 Å². The monoisotopic (exact) mass is 1100 g/mol. The summed E-state index contributed by atoms with van der Waals surface area (Å²) in [6.45, 7) is 14.5. The maximum Gasteiger partial charge on any atom is 0.313 e. The molecule has 1 aromatic heterocycles. The zero-order valence-corrected chi connectivity index (χ0v) is 51.4. The summed E-state index contributed by atoms with van der Waals surface area (Å²) >= 11 is 1.18. The molecule has 0 radical (unpaired) electrons. The lowest BCUT2D eigenvalue weighted by molar-refractivity contribution is -0.944. The fourth-order valence-electron chi connectivity index (χ4n) is 10.3. The number of esters is 4. The van der Waals surface area contributed by atoms with E-state index in [-0.39, 0.29) is 55.2 Å². The van der Waals surface area contributed by atoms with E-state index in [1.165, 1.54) is 153 Å². The highest BCUT2D eigenvalue weighted by Crippen LogP contribution is 2.32.